The first-order valence-electron chi connectivity index (χ1n) is 7.84. The third kappa shape index (κ3) is 3.21. The van der Waals surface area contributed by atoms with Crippen LogP contribution in [0.3, 0.4) is 0 Å². The Morgan fingerprint density at radius 2 is 1.92 bits per heavy atom. The molecule has 0 saturated heterocycles. The normalized spacial score (nSPS) is 11.4. The number of nitrogens with zero attached hydrogens (tertiary/aromatic N) is 3. The van der Waals surface area contributed by atoms with Crippen LogP contribution in [0.1, 0.15) is 17.5 Å². The van der Waals surface area contributed by atoms with E-state index in [1.807, 2.05) is 30.5 Å². The minimum Gasteiger partial charge on any atom is -0.287 e. The smallest absolute Gasteiger partial charge is 0.287 e. The van der Waals surface area contributed by atoms with Crippen molar-refractivity contribution in [2.75, 3.05) is 0 Å². The van der Waals surface area contributed by atoms with E-state index in [-0.39, 0.29) is 5.69 Å². The molecule has 1 aromatic carbocycles. The number of rotatable bonds is 4. The SMILES string of the molecule is Cn1c(=S)c2cc(CC/C=C/c3ccccc3)cnc2n(C)c1=O. The monoisotopic (exact) mass is 337 g/mol. The Balaban J connectivity index is 1.83. The Morgan fingerprint density at radius 1 is 1.17 bits per heavy atom. The zero-order valence-electron chi connectivity index (χ0n) is 13.8. The molecule has 0 aliphatic heterocycles. The van der Waals surface area contributed by atoms with Crippen LogP contribution in [0.25, 0.3) is 17.1 Å². The van der Waals surface area contributed by atoms with Gasteiger partial charge in [0, 0.05) is 20.3 Å². The van der Waals surface area contributed by atoms with Crippen molar-refractivity contribution >= 4 is 29.3 Å². The van der Waals surface area contributed by atoms with Gasteiger partial charge in [-0.25, -0.2) is 9.78 Å². The molecule has 0 aliphatic rings. The highest BCUT2D eigenvalue weighted by molar-refractivity contribution is 7.71. The van der Waals surface area contributed by atoms with Crippen molar-refractivity contribution in [2.24, 2.45) is 14.1 Å². The van der Waals surface area contributed by atoms with Gasteiger partial charge in [-0.2, -0.15) is 0 Å². The molecule has 4 nitrogen and oxygen atoms in total. The second kappa shape index (κ2) is 6.93. The summed E-state index contributed by atoms with van der Waals surface area (Å²) in [6.45, 7) is 0. The summed E-state index contributed by atoms with van der Waals surface area (Å²) in [5, 5.41) is 0.846. The van der Waals surface area contributed by atoms with Crippen LogP contribution in [0, 0.1) is 4.64 Å². The van der Waals surface area contributed by atoms with Gasteiger partial charge in [-0.1, -0.05) is 54.7 Å². The van der Waals surface area contributed by atoms with Gasteiger partial charge in [-0.15, -0.1) is 0 Å². The maximum atomic E-state index is 12.0. The van der Waals surface area contributed by atoms with E-state index >= 15 is 0 Å². The highest BCUT2D eigenvalue weighted by Gasteiger charge is 2.07. The summed E-state index contributed by atoms with van der Waals surface area (Å²) in [5.74, 6) is 0. The summed E-state index contributed by atoms with van der Waals surface area (Å²) in [4.78, 5) is 16.5. The predicted octanol–water partition coefficient (Wildman–Crippen LogP) is 3.65. The van der Waals surface area contributed by atoms with E-state index < -0.39 is 0 Å². The number of aryl methyl sites for hydroxylation is 2. The maximum Gasteiger partial charge on any atom is 0.330 e. The number of pyridine rings is 1. The Morgan fingerprint density at radius 3 is 2.67 bits per heavy atom. The number of hydrogen-bond donors (Lipinski definition) is 0. The molecular weight excluding hydrogens is 318 g/mol. The first-order chi connectivity index (χ1) is 11.6. The van der Waals surface area contributed by atoms with E-state index in [0.717, 1.165) is 23.8 Å². The van der Waals surface area contributed by atoms with E-state index in [9.17, 15) is 4.79 Å². The lowest BCUT2D eigenvalue weighted by molar-refractivity contribution is 0.719. The topological polar surface area (TPSA) is 39.8 Å². The molecule has 0 unspecified atom stereocenters. The molecule has 0 saturated carbocycles. The maximum absolute atomic E-state index is 12.0. The van der Waals surface area contributed by atoms with Gasteiger partial charge in [0.25, 0.3) is 0 Å². The molecular formula is C19H19N3OS. The molecule has 0 radical (unpaired) electrons. The molecule has 3 rings (SSSR count). The zero-order chi connectivity index (χ0) is 17.1. The average molecular weight is 337 g/mol. The van der Waals surface area contributed by atoms with E-state index in [0.29, 0.717) is 10.3 Å². The molecule has 5 heteroatoms. The van der Waals surface area contributed by atoms with Crippen molar-refractivity contribution < 1.29 is 0 Å². The summed E-state index contributed by atoms with van der Waals surface area (Å²) < 4.78 is 3.55. The minimum absolute atomic E-state index is 0.154. The first kappa shape index (κ1) is 16.3. The lowest BCUT2D eigenvalue weighted by atomic mass is 10.1. The largest absolute Gasteiger partial charge is 0.330 e. The molecule has 0 aliphatic carbocycles. The van der Waals surface area contributed by atoms with Crippen molar-refractivity contribution in [3.63, 3.8) is 0 Å². The number of benzene rings is 1. The van der Waals surface area contributed by atoms with Crippen LogP contribution in [-0.4, -0.2) is 14.1 Å². The average Bonchev–Trinajstić information content (AvgIpc) is 2.62. The van der Waals surface area contributed by atoms with Gasteiger partial charge in [0.1, 0.15) is 10.3 Å². The van der Waals surface area contributed by atoms with E-state index in [4.69, 9.17) is 12.2 Å². The molecule has 2 heterocycles. The van der Waals surface area contributed by atoms with Crippen molar-refractivity contribution in [3.05, 3.63) is 74.9 Å². The molecule has 122 valence electrons. The fourth-order valence-electron chi connectivity index (χ4n) is 2.68. The number of fused-ring (bicyclic) bond motifs is 1. The van der Waals surface area contributed by atoms with Gasteiger partial charge in [-0.3, -0.25) is 9.13 Å². The Hall–Kier alpha value is -2.53. The van der Waals surface area contributed by atoms with Crippen molar-refractivity contribution in [1.29, 1.82) is 0 Å². The molecule has 3 aromatic rings. The van der Waals surface area contributed by atoms with Gasteiger partial charge >= 0.3 is 5.69 Å². The number of hydrogen-bond acceptors (Lipinski definition) is 3. The Bertz CT molecular complexity index is 1020. The molecule has 0 fully saturated rings. The van der Waals surface area contributed by atoms with Crippen LogP contribution < -0.4 is 5.69 Å². The Labute approximate surface area is 145 Å². The second-order valence-electron chi connectivity index (χ2n) is 5.77. The van der Waals surface area contributed by atoms with Crippen molar-refractivity contribution in [2.45, 2.75) is 12.8 Å². The highest BCUT2D eigenvalue weighted by Crippen LogP contribution is 2.14. The van der Waals surface area contributed by atoms with Gasteiger partial charge in [0.15, 0.2) is 0 Å². The molecule has 24 heavy (non-hydrogen) atoms. The predicted molar refractivity (Wildman–Crippen MR) is 101 cm³/mol. The summed E-state index contributed by atoms with van der Waals surface area (Å²) in [6, 6.07) is 12.3. The first-order valence-corrected chi connectivity index (χ1v) is 8.25. The molecule has 0 N–H and O–H groups in total. The number of aromatic nitrogens is 3. The minimum atomic E-state index is -0.154. The fraction of sp³-hybridized carbons (Fsp3) is 0.211. The summed E-state index contributed by atoms with van der Waals surface area (Å²) in [5.41, 5.74) is 2.79. The van der Waals surface area contributed by atoms with Gasteiger partial charge in [0.2, 0.25) is 0 Å². The van der Waals surface area contributed by atoms with Crippen molar-refractivity contribution in [3.8, 4) is 0 Å². The van der Waals surface area contributed by atoms with Crippen LogP contribution in [-0.2, 0) is 20.5 Å². The molecule has 0 atom stereocenters. The van der Waals surface area contributed by atoms with E-state index in [1.54, 1.807) is 14.1 Å². The lowest BCUT2D eigenvalue weighted by Gasteiger charge is -2.09. The fourth-order valence-corrected chi connectivity index (χ4v) is 2.91. The van der Waals surface area contributed by atoms with Gasteiger partial charge in [-0.05, 0) is 30.0 Å². The summed E-state index contributed by atoms with van der Waals surface area (Å²) in [7, 11) is 3.41. The Kier molecular flexibility index (Phi) is 4.71. The standard InChI is InChI=1S/C19H19N3OS/c1-21-17-16(18(24)22(2)19(21)23)12-15(13-20-17)11-7-6-10-14-8-4-3-5-9-14/h3-6,8-10,12-13H,7,11H2,1-2H3/b10-6+. The third-order valence-electron chi connectivity index (χ3n) is 4.06. The van der Waals surface area contributed by atoms with E-state index in [1.165, 1.54) is 14.7 Å². The summed E-state index contributed by atoms with van der Waals surface area (Å²) >= 11 is 5.40. The molecule has 0 spiro atoms. The molecule has 0 bridgehead atoms. The highest BCUT2D eigenvalue weighted by atomic mass is 32.1. The van der Waals surface area contributed by atoms with E-state index in [2.05, 4.69) is 29.3 Å². The van der Waals surface area contributed by atoms with Crippen LogP contribution in [0.2, 0.25) is 0 Å². The van der Waals surface area contributed by atoms with Gasteiger partial charge < -0.3 is 0 Å². The molecule has 2 aromatic heterocycles. The van der Waals surface area contributed by atoms with Crippen LogP contribution in [0.4, 0.5) is 0 Å². The lowest BCUT2D eigenvalue weighted by Crippen LogP contribution is -2.28. The summed E-state index contributed by atoms with van der Waals surface area (Å²) in [6.07, 6.45) is 7.92. The van der Waals surface area contributed by atoms with Crippen LogP contribution >= 0.6 is 12.2 Å². The zero-order valence-corrected chi connectivity index (χ0v) is 14.6. The quantitative estimate of drug-likeness (QED) is 0.682. The number of allylic oxidation sites excluding steroid dienone is 1. The molecule has 0 amide bonds. The van der Waals surface area contributed by atoms with Crippen molar-refractivity contribution in [1.82, 2.24) is 14.1 Å². The van der Waals surface area contributed by atoms with Crippen LogP contribution in [0.15, 0.2) is 53.5 Å². The van der Waals surface area contributed by atoms with Gasteiger partial charge in [0.05, 0.1) is 5.39 Å². The third-order valence-corrected chi connectivity index (χ3v) is 4.55. The second-order valence-corrected chi connectivity index (χ2v) is 6.16. The van der Waals surface area contributed by atoms with Crippen LogP contribution in [0.5, 0.6) is 0 Å².